The molecule has 0 bridgehead atoms. The molecule has 0 aliphatic carbocycles. The maximum Gasteiger partial charge on any atom is 0.315 e. The van der Waals surface area contributed by atoms with Crippen LogP contribution in [0.5, 0.6) is 5.75 Å². The Morgan fingerprint density at radius 2 is 1.90 bits per heavy atom. The van der Waals surface area contributed by atoms with Crippen LogP contribution in [0.3, 0.4) is 0 Å². The van der Waals surface area contributed by atoms with Crippen molar-refractivity contribution >= 4 is 12.0 Å². The second-order valence-corrected chi connectivity index (χ2v) is 4.18. The van der Waals surface area contributed by atoms with Gasteiger partial charge < -0.3 is 20.5 Å². The van der Waals surface area contributed by atoms with Gasteiger partial charge in [-0.3, -0.25) is 4.79 Å². The Bertz CT molecular complexity index is 431. The Balaban J connectivity index is 2.21. The molecule has 0 radical (unpaired) electrons. The van der Waals surface area contributed by atoms with Crippen molar-refractivity contribution in [3.63, 3.8) is 0 Å². The third-order valence-corrected chi connectivity index (χ3v) is 2.54. The molecule has 1 aromatic carbocycles. The van der Waals surface area contributed by atoms with Gasteiger partial charge in [0.05, 0.1) is 6.61 Å². The molecule has 110 valence electrons. The molecule has 0 saturated heterocycles. The van der Waals surface area contributed by atoms with E-state index in [-0.39, 0.29) is 12.5 Å². The van der Waals surface area contributed by atoms with E-state index in [1.54, 1.807) is 0 Å². The molecule has 2 amide bonds. The molecule has 0 aromatic heterocycles. The molecule has 0 spiro atoms. The highest BCUT2D eigenvalue weighted by Gasteiger charge is 2.01. The van der Waals surface area contributed by atoms with Gasteiger partial charge in [0.15, 0.2) is 0 Å². The molecule has 0 aliphatic heterocycles. The molecule has 0 atom stereocenters. The van der Waals surface area contributed by atoms with Gasteiger partial charge in [-0.05, 0) is 31.0 Å². The number of amides is 2. The maximum absolute atomic E-state index is 11.4. The van der Waals surface area contributed by atoms with E-state index in [2.05, 4.69) is 10.6 Å². The van der Waals surface area contributed by atoms with Gasteiger partial charge in [0, 0.05) is 19.5 Å². The normalized spacial score (nSPS) is 9.85. The molecule has 1 rings (SSSR count). The second kappa shape index (κ2) is 8.79. The highest BCUT2D eigenvalue weighted by molar-refractivity contribution is 5.73. The van der Waals surface area contributed by atoms with Gasteiger partial charge in [-0.25, -0.2) is 4.79 Å². The van der Waals surface area contributed by atoms with E-state index in [1.165, 1.54) is 0 Å². The summed E-state index contributed by atoms with van der Waals surface area (Å²) < 4.78 is 5.32. The van der Waals surface area contributed by atoms with Crippen LogP contribution in [0.2, 0.25) is 0 Å². The first-order chi connectivity index (χ1) is 9.61. The van der Waals surface area contributed by atoms with E-state index in [0.29, 0.717) is 26.1 Å². The van der Waals surface area contributed by atoms with Gasteiger partial charge in [0.1, 0.15) is 5.75 Å². The van der Waals surface area contributed by atoms with Crippen molar-refractivity contribution in [3.05, 3.63) is 29.8 Å². The number of urea groups is 1. The lowest BCUT2D eigenvalue weighted by Gasteiger charge is -2.08. The molecular formula is C14H20N2O4. The lowest BCUT2D eigenvalue weighted by atomic mass is 10.2. The van der Waals surface area contributed by atoms with Crippen molar-refractivity contribution in [1.82, 2.24) is 10.6 Å². The number of carboxylic acid groups (broad SMARTS) is 1. The SMILES string of the molecule is CCOc1ccc(CNC(=O)NCCCC(=O)O)cc1. The summed E-state index contributed by atoms with van der Waals surface area (Å²) in [5.41, 5.74) is 0.967. The Labute approximate surface area is 118 Å². The molecule has 6 nitrogen and oxygen atoms in total. The highest BCUT2D eigenvalue weighted by Crippen LogP contribution is 2.11. The number of aliphatic carboxylic acids is 1. The van der Waals surface area contributed by atoms with Gasteiger partial charge in [0.25, 0.3) is 0 Å². The van der Waals surface area contributed by atoms with Gasteiger partial charge in [-0.15, -0.1) is 0 Å². The Morgan fingerprint density at radius 3 is 2.50 bits per heavy atom. The third-order valence-electron chi connectivity index (χ3n) is 2.54. The van der Waals surface area contributed by atoms with Crippen LogP contribution >= 0.6 is 0 Å². The summed E-state index contributed by atoms with van der Waals surface area (Å²) in [5, 5.41) is 13.8. The fraction of sp³-hybridized carbons (Fsp3) is 0.429. The van der Waals surface area contributed by atoms with Crippen molar-refractivity contribution < 1.29 is 19.4 Å². The minimum absolute atomic E-state index is 0.0547. The first-order valence-corrected chi connectivity index (χ1v) is 6.57. The highest BCUT2D eigenvalue weighted by atomic mass is 16.5. The monoisotopic (exact) mass is 280 g/mol. The van der Waals surface area contributed by atoms with Crippen LogP contribution in [0.4, 0.5) is 4.79 Å². The first kappa shape index (κ1) is 15.8. The molecule has 3 N–H and O–H groups in total. The van der Waals surface area contributed by atoms with Crippen molar-refractivity contribution in [2.45, 2.75) is 26.3 Å². The molecule has 0 aliphatic rings. The Morgan fingerprint density at radius 1 is 1.20 bits per heavy atom. The summed E-state index contributed by atoms with van der Waals surface area (Å²) in [6.07, 6.45) is 0.477. The van der Waals surface area contributed by atoms with E-state index in [9.17, 15) is 9.59 Å². The average molecular weight is 280 g/mol. The number of carbonyl (C=O) groups is 2. The van der Waals surface area contributed by atoms with E-state index >= 15 is 0 Å². The molecular weight excluding hydrogens is 260 g/mol. The molecule has 0 unspecified atom stereocenters. The molecule has 0 heterocycles. The number of hydrogen-bond acceptors (Lipinski definition) is 3. The van der Waals surface area contributed by atoms with E-state index < -0.39 is 5.97 Å². The predicted octanol–water partition coefficient (Wildman–Crippen LogP) is 1.75. The first-order valence-electron chi connectivity index (χ1n) is 6.57. The summed E-state index contributed by atoms with van der Waals surface area (Å²) in [5.74, 6) is -0.0593. The van der Waals surface area contributed by atoms with Crippen LogP contribution in [0.25, 0.3) is 0 Å². The van der Waals surface area contributed by atoms with E-state index in [4.69, 9.17) is 9.84 Å². The van der Waals surface area contributed by atoms with E-state index in [1.807, 2.05) is 31.2 Å². The second-order valence-electron chi connectivity index (χ2n) is 4.18. The number of carbonyl (C=O) groups excluding carboxylic acids is 1. The third kappa shape index (κ3) is 6.63. The zero-order valence-electron chi connectivity index (χ0n) is 11.5. The standard InChI is InChI=1S/C14H20N2O4/c1-2-20-12-7-5-11(6-8-12)10-16-14(19)15-9-3-4-13(17)18/h5-8H,2-4,9-10H2,1H3,(H,17,18)(H2,15,16,19). The molecule has 20 heavy (non-hydrogen) atoms. The van der Waals surface area contributed by atoms with Gasteiger partial charge in [-0.1, -0.05) is 12.1 Å². The lowest BCUT2D eigenvalue weighted by molar-refractivity contribution is -0.137. The zero-order valence-corrected chi connectivity index (χ0v) is 11.5. The number of carboxylic acids is 1. The zero-order chi connectivity index (χ0) is 14.8. The quantitative estimate of drug-likeness (QED) is 0.633. The fourth-order valence-corrected chi connectivity index (χ4v) is 1.56. The summed E-state index contributed by atoms with van der Waals surface area (Å²) in [4.78, 5) is 21.7. The number of nitrogens with one attached hydrogen (secondary N) is 2. The largest absolute Gasteiger partial charge is 0.494 e. The average Bonchev–Trinajstić information content (AvgIpc) is 2.43. The minimum Gasteiger partial charge on any atom is -0.494 e. The van der Waals surface area contributed by atoms with Crippen molar-refractivity contribution in [1.29, 1.82) is 0 Å². The van der Waals surface area contributed by atoms with E-state index in [0.717, 1.165) is 11.3 Å². The van der Waals surface area contributed by atoms with Crippen LogP contribution < -0.4 is 15.4 Å². The van der Waals surface area contributed by atoms with Crippen LogP contribution in [0.1, 0.15) is 25.3 Å². The molecule has 1 aromatic rings. The molecule has 6 heteroatoms. The lowest BCUT2D eigenvalue weighted by Crippen LogP contribution is -2.35. The van der Waals surface area contributed by atoms with Crippen LogP contribution in [0, 0.1) is 0 Å². The number of ether oxygens (including phenoxy) is 1. The number of benzene rings is 1. The molecule has 0 fully saturated rings. The van der Waals surface area contributed by atoms with Crippen molar-refractivity contribution in [2.24, 2.45) is 0 Å². The van der Waals surface area contributed by atoms with Gasteiger partial charge >= 0.3 is 12.0 Å². The maximum atomic E-state index is 11.4. The number of rotatable bonds is 8. The predicted molar refractivity (Wildman–Crippen MR) is 74.7 cm³/mol. The smallest absolute Gasteiger partial charge is 0.315 e. The van der Waals surface area contributed by atoms with Gasteiger partial charge in [-0.2, -0.15) is 0 Å². The van der Waals surface area contributed by atoms with Crippen LogP contribution in [-0.4, -0.2) is 30.3 Å². The molecule has 0 saturated carbocycles. The van der Waals surface area contributed by atoms with Crippen molar-refractivity contribution in [3.8, 4) is 5.75 Å². The topological polar surface area (TPSA) is 87.7 Å². The summed E-state index contributed by atoms with van der Waals surface area (Å²) in [6.45, 7) is 3.30. The van der Waals surface area contributed by atoms with Crippen molar-refractivity contribution in [2.75, 3.05) is 13.2 Å². The summed E-state index contributed by atoms with van der Waals surface area (Å²) in [7, 11) is 0. The van der Waals surface area contributed by atoms with Gasteiger partial charge in [0.2, 0.25) is 0 Å². The minimum atomic E-state index is -0.860. The summed E-state index contributed by atoms with van der Waals surface area (Å²) >= 11 is 0. The fourth-order valence-electron chi connectivity index (χ4n) is 1.56. The Hall–Kier alpha value is -2.24. The number of hydrogen-bond donors (Lipinski definition) is 3. The van der Waals surface area contributed by atoms with Crippen LogP contribution in [0.15, 0.2) is 24.3 Å². The Kier molecular flexibility index (Phi) is 6.95. The summed E-state index contributed by atoms with van der Waals surface area (Å²) in [6, 6.07) is 7.17. The van der Waals surface area contributed by atoms with Crippen LogP contribution in [-0.2, 0) is 11.3 Å².